The Bertz CT molecular complexity index is 1410. The van der Waals surface area contributed by atoms with Crippen molar-refractivity contribution < 1.29 is 24.5 Å². The smallest absolute Gasteiger partial charge is 0.305 e. The number of aliphatic hydroxyl groups excluding tert-OH is 2. The Kier molecular flexibility index (Phi) is 74.8. The van der Waals surface area contributed by atoms with E-state index < -0.39 is 12.1 Å². The third-order valence-corrected chi connectivity index (χ3v) is 18.7. The third kappa shape index (κ3) is 73.0. The lowest BCUT2D eigenvalue weighted by Gasteiger charge is -2.22. The second-order valence-corrected chi connectivity index (χ2v) is 27.4. The highest BCUT2D eigenvalue weighted by molar-refractivity contribution is 5.76. The topological polar surface area (TPSA) is 95.9 Å². The quantitative estimate of drug-likeness (QED) is 0.0320. The highest BCUT2D eigenvalue weighted by Crippen LogP contribution is 2.20. The van der Waals surface area contributed by atoms with E-state index in [1.807, 2.05) is 0 Å². The fourth-order valence-electron chi connectivity index (χ4n) is 12.6. The Morgan fingerprint density at radius 2 is 0.575 bits per heavy atom. The molecule has 87 heavy (non-hydrogen) atoms. The van der Waals surface area contributed by atoms with Gasteiger partial charge in [-0.25, -0.2) is 0 Å². The Hall–Kier alpha value is -1.92. The summed E-state index contributed by atoms with van der Waals surface area (Å²) in [6.45, 7) is 4.99. The molecule has 2 unspecified atom stereocenters. The second-order valence-electron chi connectivity index (χ2n) is 27.4. The third-order valence-electron chi connectivity index (χ3n) is 18.7. The molecule has 1 amide bonds. The molecule has 2 atom stereocenters. The van der Waals surface area contributed by atoms with E-state index in [9.17, 15) is 19.8 Å². The number of aliphatic hydroxyl groups is 2. The molecule has 0 saturated heterocycles. The van der Waals surface area contributed by atoms with E-state index in [0.717, 1.165) is 51.4 Å². The van der Waals surface area contributed by atoms with Crippen molar-refractivity contribution in [3.8, 4) is 0 Å². The Labute approximate surface area is 544 Å². The fraction of sp³-hybridized carbons (Fsp3) is 0.901. The SMILES string of the molecule is CCCCCCCCC/C=C\CCCCCCCCCC(=O)OCCCCCCCCCCC/C=C\C/C=C\CCCCCCCCCCCCCCCCCC(=O)NC(CO)C(O)CCCCCCCCCCCCCCCCCCCCCCC. The van der Waals surface area contributed by atoms with Crippen molar-refractivity contribution >= 4 is 11.9 Å². The summed E-state index contributed by atoms with van der Waals surface area (Å²) in [7, 11) is 0. The van der Waals surface area contributed by atoms with Crippen LogP contribution in [0.5, 0.6) is 0 Å². The highest BCUT2D eigenvalue weighted by Gasteiger charge is 2.20. The van der Waals surface area contributed by atoms with E-state index >= 15 is 0 Å². The molecule has 0 aromatic heterocycles. The van der Waals surface area contributed by atoms with Crippen molar-refractivity contribution in [1.82, 2.24) is 5.32 Å². The molecular formula is C81H155NO5. The van der Waals surface area contributed by atoms with E-state index in [1.54, 1.807) is 0 Å². The highest BCUT2D eigenvalue weighted by atomic mass is 16.5. The maximum atomic E-state index is 12.6. The summed E-state index contributed by atoms with van der Waals surface area (Å²) in [5.41, 5.74) is 0. The van der Waals surface area contributed by atoms with E-state index in [0.29, 0.717) is 25.9 Å². The van der Waals surface area contributed by atoms with Crippen LogP contribution in [0.4, 0.5) is 0 Å². The standard InChI is InChI=1S/C81H155NO5/c1-3-5-7-9-11-13-15-17-19-21-23-35-38-41-45-49-53-57-61-65-69-73-79(84)78(77-83)82-80(85)74-70-66-62-58-54-50-46-42-39-36-33-31-29-27-25-24-26-28-30-32-34-37-40-44-48-52-56-60-64-68-72-76-87-81(86)75-71-67-63-59-55-51-47-43-22-20-18-16-14-12-10-8-6-4-2/h20,22,26,28,32,34,78-79,83-84H,3-19,21,23-25,27,29-31,33,35-77H2,1-2H3,(H,82,85)/b22-20-,28-26-,34-32-. The van der Waals surface area contributed by atoms with Gasteiger partial charge in [-0.2, -0.15) is 0 Å². The van der Waals surface area contributed by atoms with Crippen molar-refractivity contribution in [3.63, 3.8) is 0 Å². The summed E-state index contributed by atoms with van der Waals surface area (Å²) in [6.07, 6.45) is 99.4. The first-order valence-corrected chi connectivity index (χ1v) is 39.7. The van der Waals surface area contributed by atoms with Crippen LogP contribution < -0.4 is 5.32 Å². The molecule has 0 aliphatic heterocycles. The maximum absolute atomic E-state index is 12.6. The molecule has 0 spiro atoms. The molecule has 0 aromatic carbocycles. The molecule has 0 rings (SSSR count). The predicted molar refractivity (Wildman–Crippen MR) is 384 cm³/mol. The van der Waals surface area contributed by atoms with Gasteiger partial charge in [0.25, 0.3) is 0 Å². The van der Waals surface area contributed by atoms with Gasteiger partial charge in [-0.05, 0) is 83.5 Å². The van der Waals surface area contributed by atoms with Crippen LogP contribution in [0.1, 0.15) is 444 Å². The molecule has 3 N–H and O–H groups in total. The van der Waals surface area contributed by atoms with Crippen LogP contribution in [-0.4, -0.2) is 47.4 Å². The van der Waals surface area contributed by atoms with Gasteiger partial charge in [0.2, 0.25) is 5.91 Å². The van der Waals surface area contributed by atoms with Gasteiger partial charge >= 0.3 is 5.97 Å². The summed E-state index contributed by atoms with van der Waals surface area (Å²) in [4.78, 5) is 24.7. The molecule has 0 bridgehead atoms. The van der Waals surface area contributed by atoms with Gasteiger partial charge in [0.15, 0.2) is 0 Å². The van der Waals surface area contributed by atoms with Gasteiger partial charge in [-0.1, -0.05) is 384 Å². The number of rotatable bonds is 75. The molecule has 0 radical (unpaired) electrons. The summed E-state index contributed by atoms with van der Waals surface area (Å²) in [5, 5.41) is 23.4. The van der Waals surface area contributed by atoms with Crippen molar-refractivity contribution in [1.29, 1.82) is 0 Å². The molecule has 0 heterocycles. The predicted octanol–water partition coefficient (Wildman–Crippen LogP) is 26.2. The lowest BCUT2D eigenvalue weighted by molar-refractivity contribution is -0.143. The average molecular weight is 1220 g/mol. The van der Waals surface area contributed by atoms with Gasteiger partial charge < -0.3 is 20.3 Å². The molecule has 0 saturated carbocycles. The van der Waals surface area contributed by atoms with E-state index in [2.05, 4.69) is 55.6 Å². The number of carbonyl (C=O) groups excluding carboxylic acids is 2. The molecule has 0 aliphatic rings. The van der Waals surface area contributed by atoms with Crippen LogP contribution >= 0.6 is 0 Å². The van der Waals surface area contributed by atoms with Gasteiger partial charge in [-0.15, -0.1) is 0 Å². The average Bonchev–Trinajstić information content (AvgIpc) is 3.52. The number of amides is 1. The normalized spacial score (nSPS) is 12.6. The van der Waals surface area contributed by atoms with Crippen molar-refractivity contribution in [2.75, 3.05) is 13.2 Å². The first-order chi connectivity index (χ1) is 43.0. The summed E-state index contributed by atoms with van der Waals surface area (Å²) < 4.78 is 5.51. The van der Waals surface area contributed by atoms with Crippen molar-refractivity contribution in [2.45, 2.75) is 456 Å². The fourth-order valence-corrected chi connectivity index (χ4v) is 12.6. The van der Waals surface area contributed by atoms with E-state index in [1.165, 1.54) is 360 Å². The van der Waals surface area contributed by atoms with Gasteiger partial charge in [0, 0.05) is 12.8 Å². The van der Waals surface area contributed by atoms with Crippen molar-refractivity contribution in [3.05, 3.63) is 36.5 Å². The van der Waals surface area contributed by atoms with E-state index in [4.69, 9.17) is 4.74 Å². The molecule has 6 nitrogen and oxygen atoms in total. The number of esters is 1. The summed E-state index contributed by atoms with van der Waals surface area (Å²) >= 11 is 0. The molecule has 6 heteroatoms. The molecule has 0 aliphatic carbocycles. The Balaban J connectivity index is 3.38. The molecule has 0 aromatic rings. The molecule has 0 fully saturated rings. The second kappa shape index (κ2) is 76.5. The van der Waals surface area contributed by atoms with Crippen LogP contribution in [0.15, 0.2) is 36.5 Å². The number of carbonyl (C=O) groups is 2. The number of allylic oxidation sites excluding steroid dienone is 6. The summed E-state index contributed by atoms with van der Waals surface area (Å²) in [5.74, 6) is -0.0184. The van der Waals surface area contributed by atoms with Crippen LogP contribution in [0.3, 0.4) is 0 Å². The number of nitrogens with one attached hydrogen (secondary N) is 1. The minimum absolute atomic E-state index is 0.0111. The van der Waals surface area contributed by atoms with E-state index in [-0.39, 0.29) is 18.5 Å². The largest absolute Gasteiger partial charge is 0.466 e. The maximum Gasteiger partial charge on any atom is 0.305 e. The zero-order chi connectivity index (χ0) is 62.8. The van der Waals surface area contributed by atoms with Gasteiger partial charge in [0.1, 0.15) is 0 Å². The number of ether oxygens (including phenoxy) is 1. The lowest BCUT2D eigenvalue weighted by Crippen LogP contribution is -2.45. The minimum atomic E-state index is -0.665. The minimum Gasteiger partial charge on any atom is -0.466 e. The zero-order valence-electron chi connectivity index (χ0n) is 59.0. The first-order valence-electron chi connectivity index (χ1n) is 39.7. The van der Waals surface area contributed by atoms with Crippen LogP contribution in [-0.2, 0) is 14.3 Å². The van der Waals surface area contributed by atoms with Crippen molar-refractivity contribution in [2.24, 2.45) is 0 Å². The summed E-state index contributed by atoms with van der Waals surface area (Å²) in [6, 6.07) is -0.542. The molecular weight excluding hydrogens is 1070 g/mol. The van der Waals surface area contributed by atoms with Gasteiger partial charge in [-0.3, -0.25) is 9.59 Å². The monoisotopic (exact) mass is 1220 g/mol. The number of unbranched alkanes of at least 4 members (excludes halogenated alkanes) is 58. The lowest BCUT2D eigenvalue weighted by atomic mass is 10.0. The molecule has 514 valence electrons. The Morgan fingerprint density at radius 3 is 0.885 bits per heavy atom. The number of hydrogen-bond acceptors (Lipinski definition) is 5. The Morgan fingerprint density at radius 1 is 0.322 bits per heavy atom. The van der Waals surface area contributed by atoms with Crippen LogP contribution in [0.2, 0.25) is 0 Å². The van der Waals surface area contributed by atoms with Gasteiger partial charge in [0.05, 0.1) is 25.4 Å². The number of hydrogen-bond donors (Lipinski definition) is 3. The first kappa shape index (κ1) is 85.1. The zero-order valence-corrected chi connectivity index (χ0v) is 59.0. The van der Waals surface area contributed by atoms with Crippen LogP contribution in [0, 0.1) is 0 Å². The van der Waals surface area contributed by atoms with Crippen LogP contribution in [0.25, 0.3) is 0 Å².